The van der Waals surface area contributed by atoms with Gasteiger partial charge in [-0.2, -0.15) is 0 Å². The van der Waals surface area contributed by atoms with Crippen LogP contribution in [0.15, 0.2) is 34.5 Å². The molecule has 0 bridgehead atoms. The van der Waals surface area contributed by atoms with E-state index in [4.69, 9.17) is 9.47 Å². The minimum absolute atomic E-state index is 0.437. The van der Waals surface area contributed by atoms with E-state index in [1.165, 1.54) is 0 Å². The fraction of sp³-hybridized carbons (Fsp3) is 0.0714. The second-order valence-corrected chi connectivity index (χ2v) is 8.56. The first kappa shape index (κ1) is 19.5. The van der Waals surface area contributed by atoms with Crippen molar-refractivity contribution in [3.8, 4) is 17.2 Å². The van der Waals surface area contributed by atoms with Crippen LogP contribution < -0.4 is 14.9 Å². The Hall–Kier alpha value is 0.175. The molecule has 0 N–H and O–H groups in total. The second kappa shape index (κ2) is 8.04. The van der Waals surface area contributed by atoms with E-state index < -0.39 is 0 Å². The SMILES string of the molecule is Bc1cc(Br)cc(Oc2c(Br)c(Br)c(Br)c(Br)c2OC)c1C=O. The molecule has 2 aromatic rings. The number of ether oxygens (including phenoxy) is 2. The molecule has 0 amide bonds. The lowest BCUT2D eigenvalue weighted by atomic mass is 9.91. The molecule has 0 atom stereocenters. The van der Waals surface area contributed by atoms with E-state index in [1.54, 1.807) is 13.2 Å². The monoisotopic (exact) mass is 630 g/mol. The molecule has 0 saturated heterocycles. The van der Waals surface area contributed by atoms with Crippen LogP contribution in [0.3, 0.4) is 0 Å². The van der Waals surface area contributed by atoms with Gasteiger partial charge >= 0.3 is 0 Å². The Balaban J connectivity index is 2.68. The van der Waals surface area contributed by atoms with E-state index in [9.17, 15) is 4.79 Å². The van der Waals surface area contributed by atoms with Crippen molar-refractivity contribution in [2.75, 3.05) is 7.11 Å². The van der Waals surface area contributed by atoms with Gasteiger partial charge in [0.25, 0.3) is 0 Å². The summed E-state index contributed by atoms with van der Waals surface area (Å²) < 4.78 is 15.2. The van der Waals surface area contributed by atoms with Crippen molar-refractivity contribution in [2.24, 2.45) is 0 Å². The zero-order valence-corrected chi connectivity index (χ0v) is 19.8. The van der Waals surface area contributed by atoms with Gasteiger partial charge in [0, 0.05) is 4.47 Å². The third-order valence-corrected chi connectivity index (χ3v) is 8.18. The summed E-state index contributed by atoms with van der Waals surface area (Å²) in [4.78, 5) is 11.4. The van der Waals surface area contributed by atoms with Gasteiger partial charge in [-0.05, 0) is 69.8 Å². The number of hydrogen-bond acceptors (Lipinski definition) is 3. The van der Waals surface area contributed by atoms with Crippen LogP contribution >= 0.6 is 79.6 Å². The molecule has 9 heteroatoms. The Labute approximate surface area is 176 Å². The molecule has 2 rings (SSSR count). The highest BCUT2D eigenvalue weighted by Gasteiger charge is 2.23. The van der Waals surface area contributed by atoms with Crippen LogP contribution in [0.1, 0.15) is 10.4 Å². The highest BCUT2D eigenvalue weighted by atomic mass is 79.9. The quantitative estimate of drug-likeness (QED) is 0.197. The Morgan fingerprint density at radius 1 is 0.957 bits per heavy atom. The summed E-state index contributed by atoms with van der Waals surface area (Å²) in [5.74, 6) is 1.39. The Kier molecular flexibility index (Phi) is 6.81. The zero-order valence-electron chi connectivity index (χ0n) is 11.8. The maximum atomic E-state index is 11.4. The summed E-state index contributed by atoms with van der Waals surface area (Å²) in [5, 5.41) is 0. The van der Waals surface area contributed by atoms with Crippen molar-refractivity contribution in [1.29, 1.82) is 0 Å². The smallest absolute Gasteiger partial charge is 0.185 e. The fourth-order valence-corrected chi connectivity index (χ4v) is 4.77. The van der Waals surface area contributed by atoms with E-state index in [0.717, 1.165) is 25.2 Å². The maximum absolute atomic E-state index is 11.4. The van der Waals surface area contributed by atoms with Crippen molar-refractivity contribution in [2.45, 2.75) is 0 Å². The summed E-state index contributed by atoms with van der Waals surface area (Å²) in [6.45, 7) is 0. The van der Waals surface area contributed by atoms with Gasteiger partial charge < -0.3 is 9.47 Å². The van der Waals surface area contributed by atoms with Crippen molar-refractivity contribution in [3.63, 3.8) is 0 Å². The van der Waals surface area contributed by atoms with Crippen molar-refractivity contribution < 1.29 is 14.3 Å². The Bertz CT molecular complexity index is 795. The minimum Gasteiger partial charge on any atom is -0.492 e. The first-order chi connectivity index (χ1) is 10.8. The van der Waals surface area contributed by atoms with Crippen LogP contribution in [-0.2, 0) is 0 Å². The topological polar surface area (TPSA) is 35.5 Å². The van der Waals surface area contributed by atoms with Gasteiger partial charge in [0.1, 0.15) is 13.6 Å². The molecular formula is C14H8BBr5O3. The summed E-state index contributed by atoms with van der Waals surface area (Å²) in [5.41, 5.74) is 1.30. The molecule has 3 nitrogen and oxygen atoms in total. The zero-order chi connectivity index (χ0) is 17.3. The largest absolute Gasteiger partial charge is 0.492 e. The normalized spacial score (nSPS) is 10.5. The van der Waals surface area contributed by atoms with Crippen LogP contribution in [0.5, 0.6) is 17.2 Å². The first-order valence-electron chi connectivity index (χ1n) is 6.14. The van der Waals surface area contributed by atoms with Gasteiger partial charge in [-0.1, -0.05) is 27.5 Å². The molecule has 0 fully saturated rings. The number of rotatable bonds is 4. The molecule has 0 aliphatic heterocycles. The molecule has 2 aromatic carbocycles. The number of methoxy groups -OCH3 is 1. The molecule has 0 saturated carbocycles. The van der Waals surface area contributed by atoms with Crippen molar-refractivity contribution in [3.05, 3.63) is 40.1 Å². The molecule has 0 radical (unpaired) electrons. The number of carbonyl (C=O) groups is 1. The van der Waals surface area contributed by atoms with Gasteiger partial charge in [-0.3, -0.25) is 4.79 Å². The molecule has 0 heterocycles. The van der Waals surface area contributed by atoms with Crippen LogP contribution in [0, 0.1) is 0 Å². The predicted molar refractivity (Wildman–Crippen MR) is 112 cm³/mol. The van der Waals surface area contributed by atoms with Gasteiger partial charge in [-0.15, -0.1) is 0 Å². The van der Waals surface area contributed by atoms with E-state index in [2.05, 4.69) is 79.6 Å². The van der Waals surface area contributed by atoms with Crippen LogP contribution in [0.25, 0.3) is 0 Å². The highest BCUT2D eigenvalue weighted by Crippen LogP contribution is 2.51. The van der Waals surface area contributed by atoms with E-state index >= 15 is 0 Å². The van der Waals surface area contributed by atoms with E-state index in [-0.39, 0.29) is 0 Å². The summed E-state index contributed by atoms with van der Waals surface area (Å²) in [7, 11) is 3.40. The number of carbonyl (C=O) groups excluding carboxylic acids is 1. The van der Waals surface area contributed by atoms with Crippen molar-refractivity contribution in [1.82, 2.24) is 0 Å². The third-order valence-electron chi connectivity index (χ3n) is 3.03. The average molecular weight is 635 g/mol. The fourth-order valence-electron chi connectivity index (χ4n) is 1.93. The van der Waals surface area contributed by atoms with Crippen molar-refractivity contribution >= 4 is 99.2 Å². The van der Waals surface area contributed by atoms with Gasteiger partial charge in [0.05, 0.1) is 30.6 Å². The van der Waals surface area contributed by atoms with E-state index in [0.29, 0.717) is 31.8 Å². The molecule has 0 unspecified atom stereocenters. The standard InChI is InChI=1S/C14H8BBr5O3/c1-22-13-11(19)9(17)10(18)12(20)14(13)23-8-3-5(16)2-7(15)6(8)4-21/h2-4H,15H2,1H3. The van der Waals surface area contributed by atoms with Crippen LogP contribution in [0.2, 0.25) is 0 Å². The molecular weight excluding hydrogens is 626 g/mol. The molecule has 0 spiro atoms. The summed E-state index contributed by atoms with van der Waals surface area (Å²) >= 11 is 17.3. The Morgan fingerprint density at radius 3 is 2.04 bits per heavy atom. The summed E-state index contributed by atoms with van der Waals surface area (Å²) in [6, 6.07) is 3.60. The average Bonchev–Trinajstić information content (AvgIpc) is 2.50. The van der Waals surface area contributed by atoms with Gasteiger partial charge in [0.15, 0.2) is 17.8 Å². The Morgan fingerprint density at radius 2 is 1.52 bits per heavy atom. The summed E-state index contributed by atoms with van der Waals surface area (Å²) in [6.07, 6.45) is 0.778. The van der Waals surface area contributed by atoms with Crippen LogP contribution in [0.4, 0.5) is 0 Å². The lowest BCUT2D eigenvalue weighted by molar-refractivity contribution is 0.112. The predicted octanol–water partition coefficient (Wildman–Crippen LogP) is 5.37. The second-order valence-electron chi connectivity index (χ2n) is 4.47. The lowest BCUT2D eigenvalue weighted by Gasteiger charge is -2.18. The van der Waals surface area contributed by atoms with Crippen LogP contribution in [-0.4, -0.2) is 21.2 Å². The molecule has 0 aliphatic rings. The van der Waals surface area contributed by atoms with E-state index in [1.807, 2.05) is 13.9 Å². The highest BCUT2D eigenvalue weighted by molar-refractivity contribution is 9.15. The number of halogens is 5. The molecule has 0 aliphatic carbocycles. The first-order valence-corrected chi connectivity index (χ1v) is 10.1. The molecule has 120 valence electrons. The molecule has 0 aromatic heterocycles. The number of aldehydes is 1. The number of hydrogen-bond donors (Lipinski definition) is 0. The van der Waals surface area contributed by atoms with Gasteiger partial charge in [-0.25, -0.2) is 0 Å². The molecule has 23 heavy (non-hydrogen) atoms. The lowest BCUT2D eigenvalue weighted by Crippen LogP contribution is -2.11. The van der Waals surface area contributed by atoms with Gasteiger partial charge in [0.2, 0.25) is 0 Å². The number of benzene rings is 2. The maximum Gasteiger partial charge on any atom is 0.185 e. The minimum atomic E-state index is 0.437. The third kappa shape index (κ3) is 3.89.